The van der Waals surface area contributed by atoms with Crippen LogP contribution in [0.5, 0.6) is 5.75 Å². The Hall–Kier alpha value is -2.70. The first-order valence-electron chi connectivity index (χ1n) is 7.05. The highest BCUT2D eigenvalue weighted by Crippen LogP contribution is 2.39. The number of rotatable bonds is 5. The molecule has 24 heavy (non-hydrogen) atoms. The summed E-state index contributed by atoms with van der Waals surface area (Å²) in [7, 11) is 1.17. The molecule has 0 radical (unpaired) electrons. The molecule has 1 aromatic carbocycles. The summed E-state index contributed by atoms with van der Waals surface area (Å²) < 4.78 is 49.5. The van der Waals surface area contributed by atoms with Gasteiger partial charge in [0.15, 0.2) is 0 Å². The summed E-state index contributed by atoms with van der Waals surface area (Å²) in [5.74, 6) is -0.881. The van der Waals surface area contributed by atoms with Crippen molar-refractivity contribution in [2.24, 2.45) is 0 Å². The van der Waals surface area contributed by atoms with Crippen molar-refractivity contribution in [3.05, 3.63) is 47.7 Å². The molecular formula is C17H15F3O4. The van der Waals surface area contributed by atoms with Crippen LogP contribution in [0.15, 0.2) is 40.8 Å². The van der Waals surface area contributed by atoms with Crippen LogP contribution >= 0.6 is 0 Å². The number of aliphatic carboxylic acids is 1. The van der Waals surface area contributed by atoms with Crippen molar-refractivity contribution in [3.8, 4) is 17.1 Å². The van der Waals surface area contributed by atoms with Gasteiger partial charge in [0, 0.05) is 17.2 Å². The van der Waals surface area contributed by atoms with Gasteiger partial charge in [-0.05, 0) is 36.8 Å². The molecule has 2 rings (SSSR count). The second-order valence-electron chi connectivity index (χ2n) is 4.94. The van der Waals surface area contributed by atoms with Crippen LogP contribution in [0.25, 0.3) is 16.9 Å². The van der Waals surface area contributed by atoms with Crippen LogP contribution in [0.1, 0.15) is 24.7 Å². The van der Waals surface area contributed by atoms with Crippen LogP contribution in [0.3, 0.4) is 0 Å². The van der Waals surface area contributed by atoms with Gasteiger partial charge in [-0.15, -0.1) is 0 Å². The van der Waals surface area contributed by atoms with E-state index in [1.807, 2.05) is 0 Å². The van der Waals surface area contributed by atoms with Crippen molar-refractivity contribution in [2.45, 2.75) is 19.5 Å². The van der Waals surface area contributed by atoms with Gasteiger partial charge in [0.1, 0.15) is 17.3 Å². The summed E-state index contributed by atoms with van der Waals surface area (Å²) >= 11 is 0. The van der Waals surface area contributed by atoms with E-state index in [4.69, 9.17) is 14.3 Å². The Morgan fingerprint density at radius 3 is 2.54 bits per heavy atom. The zero-order valence-electron chi connectivity index (χ0n) is 13.0. The molecule has 7 heteroatoms. The van der Waals surface area contributed by atoms with E-state index in [0.717, 1.165) is 12.1 Å². The summed E-state index contributed by atoms with van der Waals surface area (Å²) in [5.41, 5.74) is -0.240. The molecule has 0 fully saturated rings. The Kier molecular flexibility index (Phi) is 5.02. The van der Waals surface area contributed by atoms with Crippen LogP contribution in [-0.2, 0) is 11.0 Å². The number of furan rings is 1. The molecule has 0 atom stereocenters. The third-order valence-corrected chi connectivity index (χ3v) is 3.39. The number of hydrogen-bond acceptors (Lipinski definition) is 3. The predicted octanol–water partition coefficient (Wildman–Crippen LogP) is 4.85. The van der Waals surface area contributed by atoms with Crippen LogP contribution in [0, 0.1) is 0 Å². The summed E-state index contributed by atoms with van der Waals surface area (Å²) in [5, 5.41) is 8.83. The standard InChI is InChI=1S/C17H15F3O4/c1-3-10(9-16(21)22)13-6-7-14(24-13)11-4-5-15(23-2)12(8-11)17(18,19)20/h4-9H,3H2,1-2H3,(H,21,22)/b10-9+. The molecule has 128 valence electrons. The number of carboxylic acids is 1. The Labute approximate surface area is 136 Å². The van der Waals surface area contributed by atoms with Gasteiger partial charge in [-0.3, -0.25) is 0 Å². The van der Waals surface area contributed by atoms with Crippen molar-refractivity contribution in [1.82, 2.24) is 0 Å². The highest BCUT2D eigenvalue weighted by atomic mass is 19.4. The number of ether oxygens (including phenoxy) is 1. The highest BCUT2D eigenvalue weighted by Gasteiger charge is 2.34. The molecule has 0 spiro atoms. The number of hydrogen-bond donors (Lipinski definition) is 1. The number of methoxy groups -OCH3 is 1. The van der Waals surface area contributed by atoms with Gasteiger partial charge in [-0.25, -0.2) is 4.79 Å². The fourth-order valence-electron chi connectivity index (χ4n) is 2.24. The van der Waals surface area contributed by atoms with Gasteiger partial charge in [0.05, 0.1) is 12.7 Å². The molecule has 1 aromatic heterocycles. The molecule has 1 heterocycles. The van der Waals surface area contributed by atoms with Crippen LogP contribution in [0.4, 0.5) is 13.2 Å². The highest BCUT2D eigenvalue weighted by molar-refractivity contribution is 5.89. The monoisotopic (exact) mass is 340 g/mol. The average molecular weight is 340 g/mol. The lowest BCUT2D eigenvalue weighted by molar-refractivity contribution is -0.138. The minimum absolute atomic E-state index is 0.211. The number of carboxylic acid groups (broad SMARTS) is 1. The Balaban J connectivity index is 2.45. The second kappa shape index (κ2) is 6.82. The quantitative estimate of drug-likeness (QED) is 0.790. The van der Waals surface area contributed by atoms with Gasteiger partial charge < -0.3 is 14.3 Å². The van der Waals surface area contributed by atoms with Crippen molar-refractivity contribution >= 4 is 11.5 Å². The van der Waals surface area contributed by atoms with E-state index in [1.54, 1.807) is 6.92 Å². The summed E-state index contributed by atoms with van der Waals surface area (Å²) in [6.07, 6.45) is -3.14. The Morgan fingerprint density at radius 2 is 2.00 bits per heavy atom. The number of alkyl halides is 3. The minimum atomic E-state index is -4.56. The molecule has 0 aliphatic rings. The van der Waals surface area contributed by atoms with Gasteiger partial charge in [-0.2, -0.15) is 13.2 Å². The van der Waals surface area contributed by atoms with Gasteiger partial charge in [0.25, 0.3) is 0 Å². The second-order valence-corrected chi connectivity index (χ2v) is 4.94. The van der Waals surface area contributed by atoms with E-state index in [0.29, 0.717) is 17.8 Å². The topological polar surface area (TPSA) is 59.7 Å². The third-order valence-electron chi connectivity index (χ3n) is 3.39. The maximum Gasteiger partial charge on any atom is 0.419 e. The van der Waals surface area contributed by atoms with Crippen LogP contribution < -0.4 is 4.74 Å². The lowest BCUT2D eigenvalue weighted by atomic mass is 10.1. The molecule has 0 amide bonds. The maximum absolute atomic E-state index is 13.1. The lowest BCUT2D eigenvalue weighted by Crippen LogP contribution is -2.07. The SMILES string of the molecule is CC/C(=C\C(=O)O)c1ccc(-c2ccc(OC)c(C(F)(F)F)c2)o1. The molecule has 1 N–H and O–H groups in total. The van der Waals surface area contributed by atoms with Gasteiger partial charge in [0.2, 0.25) is 0 Å². The molecular weight excluding hydrogens is 325 g/mol. The van der Waals surface area contributed by atoms with Crippen molar-refractivity contribution in [1.29, 1.82) is 0 Å². The smallest absolute Gasteiger partial charge is 0.419 e. The molecule has 0 saturated carbocycles. The van der Waals surface area contributed by atoms with Crippen LogP contribution in [0.2, 0.25) is 0 Å². The molecule has 0 unspecified atom stereocenters. The van der Waals surface area contributed by atoms with Crippen molar-refractivity contribution in [3.63, 3.8) is 0 Å². The first kappa shape index (κ1) is 17.7. The number of allylic oxidation sites excluding steroid dienone is 1. The van der Waals surface area contributed by atoms with E-state index in [-0.39, 0.29) is 17.1 Å². The molecule has 0 aliphatic heterocycles. The molecule has 0 aliphatic carbocycles. The molecule has 4 nitrogen and oxygen atoms in total. The van der Waals surface area contributed by atoms with Crippen LogP contribution in [-0.4, -0.2) is 18.2 Å². The Bertz CT molecular complexity index is 772. The zero-order valence-corrected chi connectivity index (χ0v) is 13.0. The number of carbonyl (C=O) groups is 1. The fourth-order valence-corrected chi connectivity index (χ4v) is 2.24. The van der Waals surface area contributed by atoms with E-state index < -0.39 is 17.7 Å². The fraction of sp³-hybridized carbons (Fsp3) is 0.235. The van der Waals surface area contributed by atoms with Crippen molar-refractivity contribution in [2.75, 3.05) is 7.11 Å². The first-order chi connectivity index (χ1) is 11.3. The summed E-state index contributed by atoms with van der Waals surface area (Å²) in [6, 6.07) is 6.64. The van der Waals surface area contributed by atoms with Gasteiger partial charge >= 0.3 is 12.1 Å². The average Bonchev–Trinajstić information content (AvgIpc) is 3.00. The predicted molar refractivity (Wildman–Crippen MR) is 81.6 cm³/mol. The van der Waals surface area contributed by atoms with E-state index in [9.17, 15) is 18.0 Å². The largest absolute Gasteiger partial charge is 0.496 e. The minimum Gasteiger partial charge on any atom is -0.496 e. The van der Waals surface area contributed by atoms with E-state index >= 15 is 0 Å². The van der Waals surface area contributed by atoms with E-state index in [1.165, 1.54) is 31.4 Å². The zero-order chi connectivity index (χ0) is 17.9. The maximum atomic E-state index is 13.1. The normalized spacial score (nSPS) is 12.3. The molecule has 0 bridgehead atoms. The number of benzene rings is 1. The summed E-state index contributed by atoms with van der Waals surface area (Å²) in [6.45, 7) is 1.76. The lowest BCUT2D eigenvalue weighted by Gasteiger charge is -2.12. The third kappa shape index (κ3) is 3.79. The Morgan fingerprint density at radius 1 is 1.29 bits per heavy atom. The summed E-state index contributed by atoms with van der Waals surface area (Å²) in [4.78, 5) is 10.8. The first-order valence-corrected chi connectivity index (χ1v) is 7.05. The van der Waals surface area contributed by atoms with Crippen molar-refractivity contribution < 1.29 is 32.2 Å². The number of halogens is 3. The molecule has 0 saturated heterocycles. The van der Waals surface area contributed by atoms with E-state index in [2.05, 4.69) is 0 Å². The molecule has 2 aromatic rings. The van der Waals surface area contributed by atoms with Gasteiger partial charge in [-0.1, -0.05) is 6.92 Å².